The van der Waals surface area contributed by atoms with E-state index in [-0.39, 0.29) is 27.5 Å². The first-order valence-corrected chi connectivity index (χ1v) is 8.60. The molecule has 1 aromatic carbocycles. The molecule has 150 valence electrons. The zero-order chi connectivity index (χ0) is 20.7. The summed E-state index contributed by atoms with van der Waals surface area (Å²) in [5.41, 5.74) is 12.0. The maximum atomic E-state index is 11.3. The zero-order valence-corrected chi connectivity index (χ0v) is 15.5. The second-order valence-corrected chi connectivity index (χ2v) is 6.79. The van der Waals surface area contributed by atoms with Gasteiger partial charge in [0.2, 0.25) is 12.0 Å². The Morgan fingerprint density at radius 3 is 2.46 bits per heavy atom. The van der Waals surface area contributed by atoms with Crippen molar-refractivity contribution in [2.45, 2.75) is 30.6 Å². The van der Waals surface area contributed by atoms with Gasteiger partial charge >= 0.3 is 11.9 Å². The van der Waals surface area contributed by atoms with Crippen LogP contribution in [0, 0.1) is 0 Å². The van der Waals surface area contributed by atoms with Gasteiger partial charge in [0.1, 0.15) is 18.3 Å². The summed E-state index contributed by atoms with van der Waals surface area (Å²) >= 11 is 12.2. The Kier molecular flexibility index (Phi) is 5.57. The van der Waals surface area contributed by atoms with Crippen LogP contribution < -0.4 is 16.1 Å². The Labute approximate surface area is 167 Å². The number of halogens is 2. The van der Waals surface area contributed by atoms with Crippen molar-refractivity contribution in [3.05, 3.63) is 28.2 Å². The van der Waals surface area contributed by atoms with Crippen LogP contribution in [0.3, 0.4) is 0 Å². The zero-order valence-electron chi connectivity index (χ0n) is 14.0. The molecule has 3 rings (SSSR count). The largest absolute Gasteiger partial charge is 0.479 e. The average Bonchev–Trinajstić information content (AvgIpc) is 2.63. The molecule has 0 radical (unpaired) electrons. The minimum Gasteiger partial charge on any atom is -0.479 e. The highest BCUT2D eigenvalue weighted by Crippen LogP contribution is 2.34. The number of carbonyl (C=O) groups is 1. The SMILES string of the molecule is Nc1nc(N)[n+](C2OC(C(=O)O)C(O)C(O)C2O)nc1-c1cccc(Cl)c1Cl. The van der Waals surface area contributed by atoms with E-state index in [2.05, 4.69) is 10.1 Å². The van der Waals surface area contributed by atoms with Crippen molar-refractivity contribution in [3.8, 4) is 11.3 Å². The maximum Gasteiger partial charge on any atom is 0.413 e. The lowest BCUT2D eigenvalue weighted by Gasteiger charge is -2.37. The van der Waals surface area contributed by atoms with Gasteiger partial charge in [0.25, 0.3) is 0 Å². The predicted molar refractivity (Wildman–Crippen MR) is 96.1 cm³/mol. The number of nitrogens with two attached hydrogens (primary N) is 2. The van der Waals surface area contributed by atoms with Gasteiger partial charge in [-0.3, -0.25) is 5.73 Å². The molecular formula is C15H16Cl2N5O6+. The summed E-state index contributed by atoms with van der Waals surface area (Å²) in [6.07, 6.45) is -8.89. The van der Waals surface area contributed by atoms with Gasteiger partial charge in [0, 0.05) is 5.56 Å². The van der Waals surface area contributed by atoms with Crippen molar-refractivity contribution >= 4 is 40.9 Å². The molecule has 8 N–H and O–H groups in total. The molecule has 5 atom stereocenters. The molecule has 11 nitrogen and oxygen atoms in total. The van der Waals surface area contributed by atoms with E-state index in [9.17, 15) is 25.2 Å². The van der Waals surface area contributed by atoms with Crippen LogP contribution in [0.2, 0.25) is 10.0 Å². The number of benzene rings is 1. The van der Waals surface area contributed by atoms with E-state index in [1.165, 1.54) is 0 Å². The summed E-state index contributed by atoms with van der Waals surface area (Å²) in [4.78, 5) is 15.2. The van der Waals surface area contributed by atoms with E-state index in [0.29, 0.717) is 5.56 Å². The fourth-order valence-electron chi connectivity index (χ4n) is 2.77. The van der Waals surface area contributed by atoms with Crippen molar-refractivity contribution < 1.29 is 34.6 Å². The van der Waals surface area contributed by atoms with E-state index in [1.54, 1.807) is 18.2 Å². The topological polar surface area (TPSA) is 189 Å². The highest BCUT2D eigenvalue weighted by Gasteiger charge is 2.50. The van der Waals surface area contributed by atoms with Gasteiger partial charge < -0.3 is 30.9 Å². The Morgan fingerprint density at radius 2 is 1.82 bits per heavy atom. The molecule has 0 aliphatic carbocycles. The summed E-state index contributed by atoms with van der Waals surface area (Å²) in [7, 11) is 0. The van der Waals surface area contributed by atoms with Crippen LogP contribution in [-0.4, -0.2) is 60.9 Å². The second kappa shape index (κ2) is 7.62. The summed E-state index contributed by atoms with van der Waals surface area (Å²) in [6.45, 7) is 0. The van der Waals surface area contributed by atoms with Gasteiger partial charge in [0.15, 0.2) is 11.8 Å². The summed E-state index contributed by atoms with van der Waals surface area (Å²) in [5.74, 6) is -2.00. The van der Waals surface area contributed by atoms with E-state index < -0.39 is 36.6 Å². The molecule has 0 spiro atoms. The third kappa shape index (κ3) is 3.43. The monoisotopic (exact) mass is 432 g/mol. The number of rotatable bonds is 3. The molecule has 2 aromatic rings. The minimum atomic E-state index is -1.87. The quantitative estimate of drug-likeness (QED) is 0.327. The molecule has 0 saturated carbocycles. The number of carboxylic acid groups (broad SMARTS) is 1. The molecule has 0 amide bonds. The van der Waals surface area contributed by atoms with Gasteiger partial charge in [-0.1, -0.05) is 35.3 Å². The minimum absolute atomic E-state index is 0.0324. The van der Waals surface area contributed by atoms with Crippen LogP contribution in [-0.2, 0) is 9.53 Å². The highest BCUT2D eigenvalue weighted by molar-refractivity contribution is 6.43. The number of nitrogens with zero attached hydrogens (tertiary/aromatic N) is 3. The maximum absolute atomic E-state index is 11.3. The molecule has 1 aliphatic heterocycles. The Morgan fingerprint density at radius 1 is 1.14 bits per heavy atom. The van der Waals surface area contributed by atoms with Crippen molar-refractivity contribution in [2.75, 3.05) is 11.5 Å². The van der Waals surface area contributed by atoms with Crippen LogP contribution >= 0.6 is 23.2 Å². The highest BCUT2D eigenvalue weighted by atomic mass is 35.5. The smallest absolute Gasteiger partial charge is 0.413 e. The number of aliphatic carboxylic acids is 1. The third-order valence-electron chi connectivity index (χ3n) is 4.20. The van der Waals surface area contributed by atoms with Crippen LogP contribution in [0.25, 0.3) is 11.3 Å². The molecule has 13 heteroatoms. The number of anilines is 2. The molecule has 28 heavy (non-hydrogen) atoms. The Hall–Kier alpha value is -2.28. The standard InChI is InChI=1S/C15H15Cl2N5O6/c16-5-3-1-2-4(6(5)17)7-12(18)20-15(19)22(21-7)13-10(25)8(23)9(24)11(28-13)14(26)27/h1-3,8-11,13,23-25H,(H4,18,19,20,26,27)/p+1. The first-order chi connectivity index (χ1) is 13.1. The van der Waals surface area contributed by atoms with Gasteiger partial charge in [-0.2, -0.15) is 0 Å². The molecule has 1 aliphatic rings. The van der Waals surface area contributed by atoms with Gasteiger partial charge in [0.05, 0.1) is 10.0 Å². The number of hydrogen-bond donors (Lipinski definition) is 6. The molecular weight excluding hydrogens is 417 g/mol. The van der Waals surface area contributed by atoms with Crippen LogP contribution in [0.15, 0.2) is 18.2 Å². The van der Waals surface area contributed by atoms with Gasteiger partial charge in [-0.25, -0.2) is 4.79 Å². The normalized spacial score (nSPS) is 27.5. The lowest BCUT2D eigenvalue weighted by Crippen LogP contribution is -2.65. The van der Waals surface area contributed by atoms with E-state index in [4.69, 9.17) is 39.4 Å². The van der Waals surface area contributed by atoms with Crippen molar-refractivity contribution in [1.82, 2.24) is 10.1 Å². The third-order valence-corrected chi connectivity index (χ3v) is 5.02. The number of aliphatic hydroxyl groups is 3. The van der Waals surface area contributed by atoms with E-state index in [0.717, 1.165) is 4.68 Å². The number of carboxylic acids is 1. The number of ether oxygens (including phenoxy) is 1. The van der Waals surface area contributed by atoms with Crippen molar-refractivity contribution in [3.63, 3.8) is 0 Å². The Bertz CT molecular complexity index is 932. The molecule has 1 aromatic heterocycles. The van der Waals surface area contributed by atoms with Crippen molar-refractivity contribution in [2.24, 2.45) is 0 Å². The molecule has 2 heterocycles. The number of nitrogen functional groups attached to an aromatic ring is 2. The lowest BCUT2D eigenvalue weighted by atomic mass is 9.98. The fourth-order valence-corrected chi connectivity index (χ4v) is 3.16. The van der Waals surface area contributed by atoms with Gasteiger partial charge in [-0.15, -0.1) is 9.78 Å². The molecule has 5 unspecified atom stereocenters. The number of aromatic nitrogens is 3. The van der Waals surface area contributed by atoms with Crippen molar-refractivity contribution in [1.29, 1.82) is 0 Å². The first kappa shape index (κ1) is 20.5. The first-order valence-electron chi connectivity index (χ1n) is 7.85. The summed E-state index contributed by atoms with van der Waals surface area (Å²) < 4.78 is 6.06. The van der Waals surface area contributed by atoms with Crippen LogP contribution in [0.5, 0.6) is 0 Å². The second-order valence-electron chi connectivity index (χ2n) is 6.01. The van der Waals surface area contributed by atoms with Crippen LogP contribution in [0.1, 0.15) is 6.23 Å². The molecule has 1 saturated heterocycles. The lowest BCUT2D eigenvalue weighted by molar-refractivity contribution is -0.813. The Balaban J connectivity index is 2.12. The molecule has 1 fully saturated rings. The number of hydrogen-bond acceptors (Lipinski definition) is 9. The summed E-state index contributed by atoms with van der Waals surface area (Å²) in [5, 5.41) is 43.8. The molecule has 0 bridgehead atoms. The predicted octanol–water partition coefficient (Wildman–Crippen LogP) is -1.03. The number of aliphatic hydroxyl groups excluding tert-OH is 3. The summed E-state index contributed by atoms with van der Waals surface area (Å²) in [6, 6.07) is 4.70. The van der Waals surface area contributed by atoms with E-state index >= 15 is 0 Å². The van der Waals surface area contributed by atoms with Gasteiger partial charge in [-0.05, 0) is 11.1 Å². The average molecular weight is 433 g/mol. The van der Waals surface area contributed by atoms with E-state index in [1.807, 2.05) is 0 Å². The fraction of sp³-hybridized carbons (Fsp3) is 0.333. The van der Waals surface area contributed by atoms with Crippen LogP contribution in [0.4, 0.5) is 11.8 Å².